The van der Waals surface area contributed by atoms with Crippen LogP contribution in [0, 0.1) is 0 Å². The topological polar surface area (TPSA) is 38.3 Å². The molecule has 3 nitrogen and oxygen atoms in total. The summed E-state index contributed by atoms with van der Waals surface area (Å²) in [4.78, 5) is 12.1. The fourth-order valence-corrected chi connectivity index (χ4v) is 1.86. The molecule has 4 heteroatoms. The lowest BCUT2D eigenvalue weighted by atomic mass is 10.2. The molecule has 2 rings (SSSR count). The van der Waals surface area contributed by atoms with Crippen LogP contribution in [0.2, 0.25) is 5.02 Å². The molecule has 0 bridgehead atoms. The molecule has 0 saturated heterocycles. The van der Waals surface area contributed by atoms with Gasteiger partial charge in [0.05, 0.1) is 0 Å². The predicted octanol–water partition coefficient (Wildman–Crippen LogP) is 4.55. The van der Waals surface area contributed by atoms with Crippen LogP contribution in [0.4, 0.5) is 5.69 Å². The average molecular weight is 302 g/mol. The molecule has 0 spiro atoms. The predicted molar refractivity (Wildman–Crippen MR) is 86.2 cm³/mol. The first kappa shape index (κ1) is 15.1. The first-order valence-electron chi connectivity index (χ1n) is 6.49. The Hall–Kier alpha value is -2.26. The number of ether oxygens (including phenoxy) is 1. The fraction of sp³-hybridized carbons (Fsp3) is 0.118. The van der Waals surface area contributed by atoms with Crippen LogP contribution >= 0.6 is 11.6 Å². The van der Waals surface area contributed by atoms with Gasteiger partial charge in [-0.3, -0.25) is 4.79 Å². The van der Waals surface area contributed by atoms with Crippen molar-refractivity contribution in [3.63, 3.8) is 0 Å². The maximum Gasteiger partial charge on any atom is 0.255 e. The monoisotopic (exact) mass is 301 g/mol. The molecule has 21 heavy (non-hydrogen) atoms. The molecule has 0 heterocycles. The molecule has 1 amide bonds. The van der Waals surface area contributed by atoms with Crippen molar-refractivity contribution >= 4 is 23.2 Å². The summed E-state index contributed by atoms with van der Waals surface area (Å²) >= 11 is 5.87. The van der Waals surface area contributed by atoms with E-state index in [1.807, 2.05) is 6.92 Å². The van der Waals surface area contributed by atoms with Crippen molar-refractivity contribution in [3.05, 3.63) is 71.3 Å². The lowest BCUT2D eigenvalue weighted by Crippen LogP contribution is -2.11. The number of hydrogen-bond acceptors (Lipinski definition) is 2. The number of benzene rings is 2. The first-order valence-corrected chi connectivity index (χ1v) is 6.86. The minimum atomic E-state index is -0.201. The molecule has 0 aliphatic heterocycles. The minimum Gasteiger partial charge on any atom is -0.489 e. The van der Waals surface area contributed by atoms with Gasteiger partial charge in [0.1, 0.15) is 12.4 Å². The minimum absolute atomic E-state index is 0.201. The Morgan fingerprint density at radius 3 is 2.57 bits per heavy atom. The van der Waals surface area contributed by atoms with Gasteiger partial charge in [-0.05, 0) is 55.0 Å². The second kappa shape index (κ2) is 6.95. The standard InChI is InChI=1S/C17H16ClNO2/c1-12(2)11-21-16-8-6-15(7-9-16)19-17(20)13-4-3-5-14(18)10-13/h3-10H,1,11H2,2H3,(H,19,20). The Morgan fingerprint density at radius 2 is 1.95 bits per heavy atom. The molecule has 0 saturated carbocycles. The van der Waals surface area contributed by atoms with Gasteiger partial charge in [-0.15, -0.1) is 0 Å². The summed E-state index contributed by atoms with van der Waals surface area (Å²) in [7, 11) is 0. The van der Waals surface area contributed by atoms with Crippen LogP contribution in [-0.2, 0) is 0 Å². The zero-order valence-electron chi connectivity index (χ0n) is 11.7. The van der Waals surface area contributed by atoms with Crippen molar-refractivity contribution in [3.8, 4) is 5.75 Å². The number of nitrogens with one attached hydrogen (secondary N) is 1. The van der Waals surface area contributed by atoms with Crippen molar-refractivity contribution in [1.82, 2.24) is 0 Å². The summed E-state index contributed by atoms with van der Waals surface area (Å²) in [6, 6.07) is 14.0. The summed E-state index contributed by atoms with van der Waals surface area (Å²) < 4.78 is 5.50. The third-order valence-corrected chi connectivity index (χ3v) is 2.92. The highest BCUT2D eigenvalue weighted by Crippen LogP contribution is 2.18. The van der Waals surface area contributed by atoms with E-state index >= 15 is 0 Å². The van der Waals surface area contributed by atoms with Crippen molar-refractivity contribution in [1.29, 1.82) is 0 Å². The van der Waals surface area contributed by atoms with E-state index in [2.05, 4.69) is 11.9 Å². The lowest BCUT2D eigenvalue weighted by molar-refractivity contribution is 0.102. The number of hydrogen-bond donors (Lipinski definition) is 1. The number of carbonyl (C=O) groups excluding carboxylic acids is 1. The van der Waals surface area contributed by atoms with Gasteiger partial charge < -0.3 is 10.1 Å². The van der Waals surface area contributed by atoms with Gasteiger partial charge in [-0.2, -0.15) is 0 Å². The molecule has 2 aromatic carbocycles. The van der Waals surface area contributed by atoms with Crippen LogP contribution in [0.15, 0.2) is 60.7 Å². The molecular weight excluding hydrogens is 286 g/mol. The largest absolute Gasteiger partial charge is 0.489 e. The van der Waals surface area contributed by atoms with Crippen LogP contribution in [0.25, 0.3) is 0 Å². The molecule has 0 fully saturated rings. The Balaban J connectivity index is 2.00. The molecular formula is C17H16ClNO2. The number of anilines is 1. The summed E-state index contributed by atoms with van der Waals surface area (Å²) in [5, 5.41) is 3.34. The van der Waals surface area contributed by atoms with E-state index in [-0.39, 0.29) is 5.91 Å². The smallest absolute Gasteiger partial charge is 0.255 e. The molecule has 0 radical (unpaired) electrons. The van der Waals surface area contributed by atoms with Gasteiger partial charge in [-0.1, -0.05) is 24.2 Å². The van der Waals surface area contributed by atoms with E-state index in [1.165, 1.54) is 0 Å². The number of carbonyl (C=O) groups is 1. The molecule has 2 aromatic rings. The van der Waals surface area contributed by atoms with Gasteiger partial charge in [0.25, 0.3) is 5.91 Å². The second-order valence-electron chi connectivity index (χ2n) is 4.73. The molecule has 0 aliphatic carbocycles. The molecule has 1 N–H and O–H groups in total. The number of halogens is 1. The molecule has 0 aliphatic rings. The van der Waals surface area contributed by atoms with E-state index in [1.54, 1.807) is 48.5 Å². The second-order valence-corrected chi connectivity index (χ2v) is 5.17. The van der Waals surface area contributed by atoms with Gasteiger partial charge in [0.2, 0.25) is 0 Å². The van der Waals surface area contributed by atoms with Crippen molar-refractivity contribution in [2.24, 2.45) is 0 Å². The first-order chi connectivity index (χ1) is 10.0. The summed E-state index contributed by atoms with van der Waals surface area (Å²) in [6.07, 6.45) is 0. The highest BCUT2D eigenvalue weighted by Gasteiger charge is 2.06. The van der Waals surface area contributed by atoms with E-state index in [9.17, 15) is 4.79 Å². The lowest BCUT2D eigenvalue weighted by Gasteiger charge is -2.08. The maximum absolute atomic E-state index is 12.1. The molecule has 0 atom stereocenters. The SMILES string of the molecule is C=C(C)COc1ccc(NC(=O)c2cccc(Cl)c2)cc1. The number of rotatable bonds is 5. The van der Waals surface area contributed by atoms with E-state index in [0.717, 1.165) is 11.3 Å². The fourth-order valence-electron chi connectivity index (χ4n) is 1.67. The van der Waals surface area contributed by atoms with Crippen molar-refractivity contribution < 1.29 is 9.53 Å². The van der Waals surface area contributed by atoms with Crippen LogP contribution in [0.1, 0.15) is 17.3 Å². The Kier molecular flexibility index (Phi) is 5.01. The zero-order valence-corrected chi connectivity index (χ0v) is 12.5. The van der Waals surface area contributed by atoms with Crippen LogP contribution in [0.5, 0.6) is 5.75 Å². The molecule has 108 valence electrons. The van der Waals surface area contributed by atoms with Gasteiger partial charge in [-0.25, -0.2) is 0 Å². The Labute approximate surface area is 129 Å². The third kappa shape index (κ3) is 4.65. The molecule has 0 unspecified atom stereocenters. The summed E-state index contributed by atoms with van der Waals surface area (Å²) in [6.45, 7) is 6.16. The van der Waals surface area contributed by atoms with Crippen molar-refractivity contribution in [2.45, 2.75) is 6.92 Å². The summed E-state index contributed by atoms with van der Waals surface area (Å²) in [5.74, 6) is 0.534. The van der Waals surface area contributed by atoms with E-state index in [0.29, 0.717) is 22.9 Å². The van der Waals surface area contributed by atoms with E-state index in [4.69, 9.17) is 16.3 Å². The van der Waals surface area contributed by atoms with Gasteiger partial charge in [0.15, 0.2) is 0 Å². The van der Waals surface area contributed by atoms with Crippen LogP contribution in [0.3, 0.4) is 0 Å². The highest BCUT2D eigenvalue weighted by atomic mass is 35.5. The summed E-state index contributed by atoms with van der Waals surface area (Å²) in [5.41, 5.74) is 2.17. The third-order valence-electron chi connectivity index (χ3n) is 2.68. The normalized spacial score (nSPS) is 10.0. The quantitative estimate of drug-likeness (QED) is 0.823. The zero-order chi connectivity index (χ0) is 15.2. The van der Waals surface area contributed by atoms with E-state index < -0.39 is 0 Å². The maximum atomic E-state index is 12.1. The number of amides is 1. The van der Waals surface area contributed by atoms with Gasteiger partial charge >= 0.3 is 0 Å². The average Bonchev–Trinajstić information content (AvgIpc) is 2.46. The van der Waals surface area contributed by atoms with Crippen molar-refractivity contribution in [2.75, 3.05) is 11.9 Å². The van der Waals surface area contributed by atoms with Crippen LogP contribution < -0.4 is 10.1 Å². The Morgan fingerprint density at radius 1 is 1.24 bits per heavy atom. The molecule has 0 aromatic heterocycles. The van der Waals surface area contributed by atoms with Gasteiger partial charge in [0, 0.05) is 16.3 Å². The highest BCUT2D eigenvalue weighted by molar-refractivity contribution is 6.31. The van der Waals surface area contributed by atoms with Crippen LogP contribution in [-0.4, -0.2) is 12.5 Å². The Bertz CT molecular complexity index is 650.